The van der Waals surface area contributed by atoms with Crippen LogP contribution in [0.5, 0.6) is 0 Å². The second-order valence-corrected chi connectivity index (χ2v) is 6.77. The lowest BCUT2D eigenvalue weighted by Gasteiger charge is -2.33. The molecule has 0 amide bonds. The maximum atomic E-state index is 6.16. The first-order chi connectivity index (χ1) is 10.3. The molecule has 2 aliphatic rings. The Bertz CT molecular complexity index is 600. The van der Waals surface area contributed by atoms with Gasteiger partial charge in [0.2, 0.25) is 0 Å². The van der Waals surface area contributed by atoms with E-state index in [0.717, 1.165) is 26.1 Å². The highest BCUT2D eigenvalue weighted by molar-refractivity contribution is 7.09. The Hall–Kier alpha value is -1.31. The summed E-state index contributed by atoms with van der Waals surface area (Å²) in [5.41, 5.74) is 0. The number of fused-ring (bicyclic) bond motifs is 1. The third-order valence-corrected chi connectivity index (χ3v) is 5.06. The van der Waals surface area contributed by atoms with Gasteiger partial charge in [-0.05, 0) is 32.2 Å². The molecule has 0 aliphatic carbocycles. The third kappa shape index (κ3) is 2.73. The fourth-order valence-corrected chi connectivity index (χ4v) is 3.92. The van der Waals surface area contributed by atoms with Gasteiger partial charge >= 0.3 is 0 Å². The summed E-state index contributed by atoms with van der Waals surface area (Å²) in [5, 5.41) is 7.07. The largest absolute Gasteiger partial charge is 0.364 e. The number of hydrogen-bond donors (Lipinski definition) is 0. The molecule has 6 nitrogen and oxygen atoms in total. The van der Waals surface area contributed by atoms with Crippen molar-refractivity contribution in [3.8, 4) is 0 Å². The maximum absolute atomic E-state index is 6.16. The first-order valence-electron chi connectivity index (χ1n) is 7.34. The SMILES string of the molecule is Cc1noc([C@@H]2C[C@H]3CCN(Cc4nccs4)C[C@@H]3O2)n1. The lowest BCUT2D eigenvalue weighted by atomic mass is 9.92. The van der Waals surface area contributed by atoms with Crippen LogP contribution in [0.25, 0.3) is 0 Å². The number of aromatic nitrogens is 3. The topological polar surface area (TPSA) is 64.3 Å². The summed E-state index contributed by atoms with van der Waals surface area (Å²) in [6.07, 6.45) is 4.28. The molecule has 0 bridgehead atoms. The number of rotatable bonds is 3. The zero-order valence-electron chi connectivity index (χ0n) is 11.9. The number of thiazole rings is 1. The van der Waals surface area contributed by atoms with Gasteiger partial charge in [-0.1, -0.05) is 5.16 Å². The average molecular weight is 306 g/mol. The normalized spacial score (nSPS) is 29.7. The molecule has 2 aromatic rings. The van der Waals surface area contributed by atoms with Gasteiger partial charge in [-0.3, -0.25) is 4.90 Å². The smallest absolute Gasteiger partial charge is 0.255 e. The Morgan fingerprint density at radius 3 is 3.19 bits per heavy atom. The minimum Gasteiger partial charge on any atom is -0.364 e. The Morgan fingerprint density at radius 1 is 1.48 bits per heavy atom. The van der Waals surface area contributed by atoms with Crippen molar-refractivity contribution in [2.45, 2.75) is 38.5 Å². The van der Waals surface area contributed by atoms with Crippen LogP contribution in [-0.2, 0) is 11.3 Å². The van der Waals surface area contributed by atoms with Crippen molar-refractivity contribution < 1.29 is 9.26 Å². The van der Waals surface area contributed by atoms with Crippen LogP contribution < -0.4 is 0 Å². The molecule has 0 radical (unpaired) electrons. The third-order valence-electron chi connectivity index (χ3n) is 4.30. The van der Waals surface area contributed by atoms with E-state index in [1.807, 2.05) is 18.5 Å². The molecule has 0 saturated carbocycles. The number of likely N-dealkylation sites (tertiary alicyclic amines) is 1. The molecule has 112 valence electrons. The molecular weight excluding hydrogens is 288 g/mol. The van der Waals surface area contributed by atoms with E-state index in [1.54, 1.807) is 11.3 Å². The van der Waals surface area contributed by atoms with Crippen LogP contribution in [0.4, 0.5) is 0 Å². The van der Waals surface area contributed by atoms with E-state index >= 15 is 0 Å². The quantitative estimate of drug-likeness (QED) is 0.866. The first-order valence-corrected chi connectivity index (χ1v) is 8.22. The Labute approximate surface area is 127 Å². The summed E-state index contributed by atoms with van der Waals surface area (Å²) in [6.45, 7) is 4.84. The molecule has 0 spiro atoms. The van der Waals surface area contributed by atoms with Gasteiger partial charge in [-0.2, -0.15) is 4.98 Å². The molecule has 7 heteroatoms. The van der Waals surface area contributed by atoms with Crippen LogP contribution in [-0.4, -0.2) is 39.2 Å². The number of nitrogens with zero attached hydrogens (tertiary/aromatic N) is 4. The van der Waals surface area contributed by atoms with E-state index in [2.05, 4.69) is 20.0 Å². The van der Waals surface area contributed by atoms with Crippen LogP contribution >= 0.6 is 11.3 Å². The van der Waals surface area contributed by atoms with Crippen molar-refractivity contribution in [1.29, 1.82) is 0 Å². The van der Waals surface area contributed by atoms with Gasteiger partial charge < -0.3 is 9.26 Å². The van der Waals surface area contributed by atoms with E-state index in [9.17, 15) is 0 Å². The summed E-state index contributed by atoms with van der Waals surface area (Å²) in [4.78, 5) is 11.1. The van der Waals surface area contributed by atoms with Gasteiger partial charge in [0.05, 0.1) is 12.6 Å². The highest BCUT2D eigenvalue weighted by Crippen LogP contribution is 2.40. The Morgan fingerprint density at radius 2 is 2.43 bits per heavy atom. The van der Waals surface area contributed by atoms with Crippen molar-refractivity contribution in [1.82, 2.24) is 20.0 Å². The van der Waals surface area contributed by atoms with Crippen molar-refractivity contribution in [3.05, 3.63) is 28.3 Å². The standard InChI is InChI=1S/C14H18N4O2S/c1-9-16-14(20-17-9)11-6-10-2-4-18(7-12(10)19-11)8-13-15-3-5-21-13/h3,5,10-12H,2,4,6-8H2,1H3/t10-,11+,12+/m1/s1. The number of piperidine rings is 1. The molecule has 2 saturated heterocycles. The fourth-order valence-electron chi connectivity index (χ4n) is 3.26. The molecule has 21 heavy (non-hydrogen) atoms. The van der Waals surface area contributed by atoms with Gasteiger partial charge in [0.25, 0.3) is 5.89 Å². The van der Waals surface area contributed by atoms with Crippen LogP contribution in [0.2, 0.25) is 0 Å². The summed E-state index contributed by atoms with van der Waals surface area (Å²) >= 11 is 1.72. The monoisotopic (exact) mass is 306 g/mol. The number of ether oxygens (including phenoxy) is 1. The molecule has 2 aliphatic heterocycles. The van der Waals surface area contributed by atoms with Crippen molar-refractivity contribution in [3.63, 3.8) is 0 Å². The molecule has 2 aromatic heterocycles. The second kappa shape index (κ2) is 5.47. The maximum Gasteiger partial charge on any atom is 0.255 e. The van der Waals surface area contributed by atoms with E-state index in [1.165, 1.54) is 11.4 Å². The summed E-state index contributed by atoms with van der Waals surface area (Å²) in [5.74, 6) is 1.91. The van der Waals surface area contributed by atoms with Gasteiger partial charge in [0.1, 0.15) is 11.1 Å². The van der Waals surface area contributed by atoms with Crippen LogP contribution in [0.1, 0.15) is 35.7 Å². The Kier molecular flexibility index (Phi) is 3.48. The van der Waals surface area contributed by atoms with Crippen molar-refractivity contribution in [2.24, 2.45) is 5.92 Å². The van der Waals surface area contributed by atoms with Crippen LogP contribution in [0.15, 0.2) is 16.1 Å². The van der Waals surface area contributed by atoms with Crippen LogP contribution in [0.3, 0.4) is 0 Å². The predicted molar refractivity (Wildman–Crippen MR) is 76.8 cm³/mol. The molecule has 0 N–H and O–H groups in total. The fraction of sp³-hybridized carbons (Fsp3) is 0.643. The highest BCUT2D eigenvalue weighted by atomic mass is 32.1. The minimum atomic E-state index is -0.0268. The van der Waals surface area contributed by atoms with Gasteiger partial charge in [0.15, 0.2) is 5.82 Å². The van der Waals surface area contributed by atoms with E-state index in [-0.39, 0.29) is 12.2 Å². The summed E-state index contributed by atoms with van der Waals surface area (Å²) in [7, 11) is 0. The highest BCUT2D eigenvalue weighted by Gasteiger charge is 2.41. The van der Waals surface area contributed by atoms with Crippen LogP contribution in [0, 0.1) is 12.8 Å². The first kappa shape index (κ1) is 13.4. The van der Waals surface area contributed by atoms with Crippen molar-refractivity contribution in [2.75, 3.05) is 13.1 Å². The molecule has 2 fully saturated rings. The number of aryl methyl sites for hydroxylation is 1. The molecule has 4 rings (SSSR count). The molecule has 3 atom stereocenters. The zero-order valence-corrected chi connectivity index (χ0v) is 12.8. The molecule has 0 aromatic carbocycles. The zero-order chi connectivity index (χ0) is 14.2. The second-order valence-electron chi connectivity index (χ2n) is 5.79. The summed E-state index contributed by atoms with van der Waals surface area (Å²) < 4.78 is 11.4. The predicted octanol–water partition coefficient (Wildman–Crippen LogP) is 2.19. The van der Waals surface area contributed by atoms with Gasteiger partial charge in [0, 0.05) is 18.1 Å². The van der Waals surface area contributed by atoms with E-state index in [0.29, 0.717) is 17.6 Å². The number of hydrogen-bond acceptors (Lipinski definition) is 7. The van der Waals surface area contributed by atoms with Crippen molar-refractivity contribution >= 4 is 11.3 Å². The summed E-state index contributed by atoms with van der Waals surface area (Å²) in [6, 6.07) is 0. The van der Waals surface area contributed by atoms with E-state index < -0.39 is 0 Å². The van der Waals surface area contributed by atoms with Gasteiger partial charge in [-0.25, -0.2) is 4.98 Å². The molecule has 0 unspecified atom stereocenters. The minimum absolute atomic E-state index is 0.0268. The lowest BCUT2D eigenvalue weighted by molar-refractivity contribution is -0.0190. The average Bonchev–Trinajstić information content (AvgIpc) is 3.18. The Balaban J connectivity index is 1.40. The van der Waals surface area contributed by atoms with Gasteiger partial charge in [-0.15, -0.1) is 11.3 Å². The lowest BCUT2D eigenvalue weighted by Crippen LogP contribution is -2.41. The van der Waals surface area contributed by atoms with E-state index in [4.69, 9.17) is 9.26 Å². The molecule has 4 heterocycles. The molecular formula is C14H18N4O2S.